The van der Waals surface area contributed by atoms with Crippen LogP contribution in [0.2, 0.25) is 0 Å². The van der Waals surface area contributed by atoms with Gasteiger partial charge in [0.25, 0.3) is 0 Å². The molecule has 20 heavy (non-hydrogen) atoms. The van der Waals surface area contributed by atoms with E-state index in [1.54, 1.807) is 0 Å². The van der Waals surface area contributed by atoms with Crippen LogP contribution in [-0.4, -0.2) is 24.5 Å². The fourth-order valence-corrected chi connectivity index (χ4v) is 2.36. The molecule has 0 aromatic heterocycles. The molecule has 3 nitrogen and oxygen atoms in total. The van der Waals surface area contributed by atoms with Crippen molar-refractivity contribution in [1.29, 1.82) is 5.26 Å². The van der Waals surface area contributed by atoms with E-state index in [4.69, 9.17) is 11.0 Å². The lowest BCUT2D eigenvalue weighted by molar-refractivity contribution is 0.140. The SMILES string of the molecule is CCCN(CC(C)(C)CN)C(C)c1ccc(C#N)cc1. The standard InChI is InChI=1S/C17H27N3/c1-5-10-20(13-17(3,4)12-19)14(2)16-8-6-15(11-18)7-9-16/h6-9,14H,5,10,12-13,19H2,1-4H3. The first kappa shape index (κ1) is 16.7. The second-order valence-electron chi connectivity index (χ2n) is 6.25. The lowest BCUT2D eigenvalue weighted by Gasteiger charge is -2.36. The van der Waals surface area contributed by atoms with Crippen molar-refractivity contribution >= 4 is 0 Å². The Morgan fingerprint density at radius 3 is 2.35 bits per heavy atom. The molecule has 0 aliphatic rings. The lowest BCUT2D eigenvalue weighted by atomic mass is 9.91. The van der Waals surface area contributed by atoms with Gasteiger partial charge in [0, 0.05) is 12.6 Å². The zero-order valence-electron chi connectivity index (χ0n) is 13.2. The van der Waals surface area contributed by atoms with Crippen LogP contribution in [-0.2, 0) is 0 Å². The molecule has 110 valence electrons. The highest BCUT2D eigenvalue weighted by Gasteiger charge is 2.23. The molecule has 0 saturated heterocycles. The molecule has 0 aliphatic carbocycles. The van der Waals surface area contributed by atoms with Crippen molar-refractivity contribution in [1.82, 2.24) is 4.90 Å². The zero-order chi connectivity index (χ0) is 15.2. The smallest absolute Gasteiger partial charge is 0.0991 e. The number of nitrogens with zero attached hydrogens (tertiary/aromatic N) is 2. The average Bonchev–Trinajstić information content (AvgIpc) is 2.46. The van der Waals surface area contributed by atoms with Crippen molar-refractivity contribution in [2.45, 2.75) is 40.2 Å². The Kier molecular flexibility index (Phi) is 6.19. The van der Waals surface area contributed by atoms with Crippen LogP contribution in [0.3, 0.4) is 0 Å². The first-order chi connectivity index (χ1) is 9.43. The van der Waals surface area contributed by atoms with E-state index in [-0.39, 0.29) is 5.41 Å². The van der Waals surface area contributed by atoms with Gasteiger partial charge in [-0.1, -0.05) is 32.9 Å². The summed E-state index contributed by atoms with van der Waals surface area (Å²) in [6.45, 7) is 11.6. The number of benzene rings is 1. The zero-order valence-corrected chi connectivity index (χ0v) is 13.2. The quantitative estimate of drug-likeness (QED) is 0.829. The summed E-state index contributed by atoms with van der Waals surface area (Å²) in [5, 5.41) is 8.87. The van der Waals surface area contributed by atoms with Crippen LogP contribution in [0.1, 0.15) is 51.3 Å². The maximum atomic E-state index is 8.87. The van der Waals surface area contributed by atoms with Crippen LogP contribution in [0, 0.1) is 16.7 Å². The number of rotatable bonds is 7. The molecule has 0 spiro atoms. The third-order valence-corrected chi connectivity index (χ3v) is 3.76. The van der Waals surface area contributed by atoms with Gasteiger partial charge in [-0.15, -0.1) is 0 Å². The van der Waals surface area contributed by atoms with Crippen LogP contribution in [0.25, 0.3) is 0 Å². The lowest BCUT2D eigenvalue weighted by Crippen LogP contribution is -2.40. The predicted octanol–water partition coefficient (Wildman–Crippen LogP) is 3.32. The van der Waals surface area contributed by atoms with Gasteiger partial charge in [0.2, 0.25) is 0 Å². The monoisotopic (exact) mass is 273 g/mol. The maximum Gasteiger partial charge on any atom is 0.0991 e. The molecule has 0 bridgehead atoms. The maximum absolute atomic E-state index is 8.87. The molecule has 0 aliphatic heterocycles. The van der Waals surface area contributed by atoms with E-state index in [9.17, 15) is 0 Å². The first-order valence-corrected chi connectivity index (χ1v) is 7.37. The minimum absolute atomic E-state index is 0.121. The van der Waals surface area contributed by atoms with Crippen molar-refractivity contribution in [2.75, 3.05) is 19.6 Å². The van der Waals surface area contributed by atoms with Crippen LogP contribution in [0.4, 0.5) is 0 Å². The van der Waals surface area contributed by atoms with Gasteiger partial charge < -0.3 is 5.73 Å². The number of hydrogen-bond acceptors (Lipinski definition) is 3. The summed E-state index contributed by atoms with van der Waals surface area (Å²) < 4.78 is 0. The average molecular weight is 273 g/mol. The molecular weight excluding hydrogens is 246 g/mol. The van der Waals surface area contributed by atoms with Crippen LogP contribution in [0.15, 0.2) is 24.3 Å². The van der Waals surface area contributed by atoms with Gasteiger partial charge in [0.1, 0.15) is 0 Å². The topological polar surface area (TPSA) is 53.0 Å². The Morgan fingerprint density at radius 1 is 1.30 bits per heavy atom. The molecule has 2 N–H and O–H groups in total. The molecule has 0 amide bonds. The predicted molar refractivity (Wildman–Crippen MR) is 84.3 cm³/mol. The van der Waals surface area contributed by atoms with E-state index in [1.165, 1.54) is 5.56 Å². The molecule has 3 heteroatoms. The van der Waals surface area contributed by atoms with Gasteiger partial charge in [-0.2, -0.15) is 5.26 Å². The third kappa shape index (κ3) is 4.63. The highest BCUT2D eigenvalue weighted by molar-refractivity contribution is 5.32. The fourth-order valence-electron chi connectivity index (χ4n) is 2.36. The summed E-state index contributed by atoms with van der Waals surface area (Å²) in [6, 6.07) is 10.4. The van der Waals surface area contributed by atoms with Crippen LogP contribution >= 0.6 is 0 Å². The second-order valence-corrected chi connectivity index (χ2v) is 6.25. The molecule has 0 heterocycles. The minimum atomic E-state index is 0.121. The highest BCUT2D eigenvalue weighted by atomic mass is 15.2. The Labute approximate surface area is 123 Å². The van der Waals surface area contributed by atoms with Gasteiger partial charge in [-0.3, -0.25) is 4.90 Å². The molecule has 1 atom stereocenters. The first-order valence-electron chi connectivity index (χ1n) is 7.37. The number of hydrogen-bond donors (Lipinski definition) is 1. The normalized spacial score (nSPS) is 13.2. The number of nitrogens with two attached hydrogens (primary N) is 1. The van der Waals surface area contributed by atoms with Crippen molar-refractivity contribution in [3.8, 4) is 6.07 Å². The summed E-state index contributed by atoms with van der Waals surface area (Å²) in [7, 11) is 0. The van der Waals surface area contributed by atoms with E-state index in [1.807, 2.05) is 12.1 Å². The minimum Gasteiger partial charge on any atom is -0.330 e. The Hall–Kier alpha value is -1.37. The summed E-state index contributed by atoms with van der Waals surface area (Å²) in [6.07, 6.45) is 1.13. The summed E-state index contributed by atoms with van der Waals surface area (Å²) in [5.74, 6) is 0. The molecule has 0 fully saturated rings. The van der Waals surface area contributed by atoms with Gasteiger partial charge in [0.15, 0.2) is 0 Å². The third-order valence-electron chi connectivity index (χ3n) is 3.76. The van der Waals surface area contributed by atoms with Crippen LogP contribution in [0.5, 0.6) is 0 Å². The summed E-state index contributed by atoms with van der Waals surface area (Å²) in [4.78, 5) is 2.48. The van der Waals surface area contributed by atoms with Crippen molar-refractivity contribution in [3.05, 3.63) is 35.4 Å². The molecule has 0 saturated carbocycles. The Balaban J connectivity index is 2.87. The summed E-state index contributed by atoms with van der Waals surface area (Å²) >= 11 is 0. The van der Waals surface area contributed by atoms with E-state index < -0.39 is 0 Å². The Morgan fingerprint density at radius 2 is 1.90 bits per heavy atom. The van der Waals surface area contributed by atoms with Crippen LogP contribution < -0.4 is 5.73 Å². The van der Waals surface area contributed by atoms with Gasteiger partial charge >= 0.3 is 0 Å². The molecule has 1 unspecified atom stereocenters. The second kappa shape index (κ2) is 7.42. The fraction of sp³-hybridized carbons (Fsp3) is 0.588. The molecular formula is C17H27N3. The van der Waals surface area contributed by atoms with E-state index in [0.717, 1.165) is 19.5 Å². The van der Waals surface area contributed by atoms with E-state index in [0.29, 0.717) is 18.2 Å². The largest absolute Gasteiger partial charge is 0.330 e. The highest BCUT2D eigenvalue weighted by Crippen LogP contribution is 2.25. The van der Waals surface area contributed by atoms with Gasteiger partial charge in [-0.05, 0) is 49.5 Å². The van der Waals surface area contributed by atoms with Gasteiger partial charge in [-0.25, -0.2) is 0 Å². The van der Waals surface area contributed by atoms with Crippen molar-refractivity contribution in [3.63, 3.8) is 0 Å². The van der Waals surface area contributed by atoms with Crippen molar-refractivity contribution in [2.24, 2.45) is 11.1 Å². The molecule has 1 aromatic carbocycles. The Bertz CT molecular complexity index is 442. The summed E-state index contributed by atoms with van der Waals surface area (Å²) in [5.41, 5.74) is 7.95. The molecule has 1 rings (SSSR count). The molecule has 1 aromatic rings. The van der Waals surface area contributed by atoms with Crippen molar-refractivity contribution < 1.29 is 0 Å². The van der Waals surface area contributed by atoms with Gasteiger partial charge in [0.05, 0.1) is 11.6 Å². The van der Waals surface area contributed by atoms with E-state index >= 15 is 0 Å². The van der Waals surface area contributed by atoms with E-state index in [2.05, 4.69) is 50.8 Å². The number of nitriles is 1. The molecule has 0 radical (unpaired) electrons.